The minimum Gasteiger partial charge on any atom is -0.449 e. The second-order valence-corrected chi connectivity index (χ2v) is 7.54. The van der Waals surface area contributed by atoms with E-state index in [0.29, 0.717) is 28.7 Å². The Morgan fingerprint density at radius 1 is 0.938 bits per heavy atom. The molecule has 0 fully saturated rings. The van der Waals surface area contributed by atoms with Crippen molar-refractivity contribution in [2.75, 3.05) is 11.4 Å². The third-order valence-electron chi connectivity index (χ3n) is 5.34. The third kappa shape index (κ3) is 3.73. The third-order valence-corrected chi connectivity index (χ3v) is 5.34. The van der Waals surface area contributed by atoms with Gasteiger partial charge < -0.3 is 10.1 Å². The van der Waals surface area contributed by atoms with Gasteiger partial charge in [0.15, 0.2) is 6.10 Å². The zero-order valence-corrected chi connectivity index (χ0v) is 17.8. The number of esters is 1. The summed E-state index contributed by atoms with van der Waals surface area (Å²) in [5.74, 6) is -1.87. The number of amides is 3. The van der Waals surface area contributed by atoms with Gasteiger partial charge in [-0.2, -0.15) is 0 Å². The van der Waals surface area contributed by atoms with Gasteiger partial charge >= 0.3 is 5.97 Å². The highest BCUT2D eigenvalue weighted by Crippen LogP contribution is 2.32. The number of nitrogens with zero attached hydrogens (tertiary/aromatic N) is 1. The SMILES string of the molecule is CCCNC(=O)C(C)OC(=O)c1ccc(N2C(=O)c3cccc4cccc(c34)C2=O)cc1. The smallest absolute Gasteiger partial charge is 0.338 e. The van der Waals surface area contributed by atoms with Crippen molar-refractivity contribution < 1.29 is 23.9 Å². The molecule has 0 saturated heterocycles. The van der Waals surface area contributed by atoms with Crippen LogP contribution >= 0.6 is 0 Å². The molecule has 3 aromatic rings. The fraction of sp³-hybridized carbons (Fsp3) is 0.200. The molecule has 0 aliphatic carbocycles. The first kappa shape index (κ1) is 21.2. The van der Waals surface area contributed by atoms with Crippen molar-refractivity contribution >= 4 is 40.2 Å². The first-order chi connectivity index (χ1) is 15.4. The highest BCUT2D eigenvalue weighted by Gasteiger charge is 2.33. The lowest BCUT2D eigenvalue weighted by molar-refractivity contribution is -0.129. The number of carbonyl (C=O) groups is 4. The van der Waals surface area contributed by atoms with Crippen molar-refractivity contribution in [3.63, 3.8) is 0 Å². The van der Waals surface area contributed by atoms with Gasteiger partial charge in [0.1, 0.15) is 0 Å². The second-order valence-electron chi connectivity index (χ2n) is 7.54. The molecule has 1 unspecified atom stereocenters. The van der Waals surface area contributed by atoms with E-state index in [2.05, 4.69) is 5.32 Å². The van der Waals surface area contributed by atoms with Crippen LogP contribution in [0.3, 0.4) is 0 Å². The van der Waals surface area contributed by atoms with E-state index in [1.54, 1.807) is 24.3 Å². The molecule has 3 amide bonds. The monoisotopic (exact) mass is 430 g/mol. The van der Waals surface area contributed by atoms with Crippen molar-refractivity contribution in [2.45, 2.75) is 26.4 Å². The van der Waals surface area contributed by atoms with Gasteiger partial charge in [-0.15, -0.1) is 0 Å². The normalized spacial score (nSPS) is 13.8. The Kier molecular flexibility index (Phi) is 5.73. The molecular formula is C25H22N2O5. The maximum atomic E-state index is 13.1. The fourth-order valence-corrected chi connectivity index (χ4v) is 3.69. The summed E-state index contributed by atoms with van der Waals surface area (Å²) in [6, 6.07) is 16.7. The first-order valence-electron chi connectivity index (χ1n) is 10.4. The van der Waals surface area contributed by atoms with Gasteiger partial charge in [0.25, 0.3) is 17.7 Å². The summed E-state index contributed by atoms with van der Waals surface area (Å²) in [6.45, 7) is 3.93. The van der Waals surface area contributed by atoms with Crippen LogP contribution in [-0.4, -0.2) is 36.3 Å². The summed E-state index contributed by atoms with van der Waals surface area (Å²) in [5.41, 5.74) is 1.46. The van der Waals surface area contributed by atoms with E-state index in [0.717, 1.165) is 16.7 Å². The van der Waals surface area contributed by atoms with Gasteiger partial charge in [0.2, 0.25) is 0 Å². The highest BCUT2D eigenvalue weighted by molar-refractivity contribution is 6.35. The minimum absolute atomic E-state index is 0.211. The topological polar surface area (TPSA) is 92.8 Å². The molecule has 4 rings (SSSR count). The average Bonchev–Trinajstić information content (AvgIpc) is 2.81. The Bertz CT molecular complexity index is 1180. The molecule has 0 bridgehead atoms. The molecule has 7 nitrogen and oxygen atoms in total. The summed E-state index contributed by atoms with van der Waals surface area (Å²) in [4.78, 5) is 51.6. The molecule has 1 aliphatic rings. The van der Waals surface area contributed by atoms with Crippen LogP contribution in [0.15, 0.2) is 60.7 Å². The Balaban J connectivity index is 1.56. The van der Waals surface area contributed by atoms with Crippen LogP contribution in [0.5, 0.6) is 0 Å². The van der Waals surface area contributed by atoms with Crippen LogP contribution in [-0.2, 0) is 9.53 Å². The molecule has 1 N–H and O–H groups in total. The zero-order chi connectivity index (χ0) is 22.8. The van der Waals surface area contributed by atoms with Crippen LogP contribution in [0.4, 0.5) is 5.69 Å². The number of carbonyl (C=O) groups excluding carboxylic acids is 4. The molecule has 162 valence electrons. The van der Waals surface area contributed by atoms with Crippen LogP contribution in [0.1, 0.15) is 51.3 Å². The van der Waals surface area contributed by atoms with Crippen molar-refractivity contribution in [1.29, 1.82) is 0 Å². The molecule has 3 aromatic carbocycles. The van der Waals surface area contributed by atoms with E-state index in [1.807, 2.05) is 19.1 Å². The lowest BCUT2D eigenvalue weighted by Crippen LogP contribution is -2.40. The number of imide groups is 1. The predicted octanol–water partition coefficient (Wildman–Crippen LogP) is 3.71. The van der Waals surface area contributed by atoms with Gasteiger partial charge in [-0.3, -0.25) is 14.4 Å². The number of hydrogen-bond acceptors (Lipinski definition) is 5. The molecule has 0 saturated carbocycles. The zero-order valence-electron chi connectivity index (χ0n) is 17.8. The predicted molar refractivity (Wildman–Crippen MR) is 120 cm³/mol. The van der Waals surface area contributed by atoms with Crippen LogP contribution in [0, 0.1) is 0 Å². The van der Waals surface area contributed by atoms with E-state index < -0.39 is 23.9 Å². The summed E-state index contributed by atoms with van der Waals surface area (Å²) in [7, 11) is 0. The Labute approximate surface area is 185 Å². The number of nitrogens with one attached hydrogen (secondary N) is 1. The van der Waals surface area contributed by atoms with Gasteiger partial charge in [0, 0.05) is 23.1 Å². The standard InChI is InChI=1S/C25H22N2O5/c1-3-14-26-22(28)15(2)32-25(31)17-10-12-18(13-11-17)27-23(29)19-8-4-6-16-7-5-9-20(21(16)19)24(27)30/h4-13,15H,3,14H2,1-2H3,(H,26,28). The molecule has 0 aromatic heterocycles. The van der Waals surface area contributed by atoms with E-state index in [-0.39, 0.29) is 11.5 Å². The molecule has 7 heteroatoms. The van der Waals surface area contributed by atoms with Crippen molar-refractivity contribution in [3.05, 3.63) is 77.4 Å². The fourth-order valence-electron chi connectivity index (χ4n) is 3.69. The summed E-state index contributed by atoms with van der Waals surface area (Å²) < 4.78 is 5.21. The minimum atomic E-state index is -0.934. The van der Waals surface area contributed by atoms with Crippen molar-refractivity contribution in [3.8, 4) is 0 Å². The number of ether oxygens (including phenoxy) is 1. The number of anilines is 1. The average molecular weight is 430 g/mol. The van der Waals surface area contributed by atoms with Crippen LogP contribution < -0.4 is 10.2 Å². The van der Waals surface area contributed by atoms with E-state index >= 15 is 0 Å². The Morgan fingerprint density at radius 3 is 2.09 bits per heavy atom. The quantitative estimate of drug-likeness (QED) is 0.475. The number of benzene rings is 3. The largest absolute Gasteiger partial charge is 0.449 e. The number of rotatable bonds is 6. The molecule has 1 atom stereocenters. The summed E-state index contributed by atoms with van der Waals surface area (Å²) in [5, 5.41) is 4.15. The molecule has 0 radical (unpaired) electrons. The Morgan fingerprint density at radius 2 is 1.53 bits per heavy atom. The molecule has 1 heterocycles. The first-order valence-corrected chi connectivity index (χ1v) is 10.4. The van der Waals surface area contributed by atoms with Crippen LogP contribution in [0.2, 0.25) is 0 Å². The van der Waals surface area contributed by atoms with E-state index in [4.69, 9.17) is 4.74 Å². The molecule has 1 aliphatic heterocycles. The highest BCUT2D eigenvalue weighted by atomic mass is 16.5. The molecule has 0 spiro atoms. The van der Waals surface area contributed by atoms with Gasteiger partial charge in [-0.25, -0.2) is 9.69 Å². The number of hydrogen-bond donors (Lipinski definition) is 1. The maximum absolute atomic E-state index is 13.1. The summed E-state index contributed by atoms with van der Waals surface area (Å²) in [6.07, 6.45) is -0.156. The van der Waals surface area contributed by atoms with E-state index in [9.17, 15) is 19.2 Å². The molecule has 32 heavy (non-hydrogen) atoms. The van der Waals surface area contributed by atoms with Crippen molar-refractivity contribution in [1.82, 2.24) is 5.32 Å². The lowest BCUT2D eigenvalue weighted by atomic mass is 9.94. The van der Waals surface area contributed by atoms with E-state index in [1.165, 1.54) is 31.2 Å². The van der Waals surface area contributed by atoms with Crippen molar-refractivity contribution in [2.24, 2.45) is 0 Å². The second kappa shape index (κ2) is 8.63. The summed E-state index contributed by atoms with van der Waals surface area (Å²) >= 11 is 0. The van der Waals surface area contributed by atoms with Gasteiger partial charge in [-0.05, 0) is 55.1 Å². The van der Waals surface area contributed by atoms with Crippen LogP contribution in [0.25, 0.3) is 10.8 Å². The Hall–Kier alpha value is -4.00. The maximum Gasteiger partial charge on any atom is 0.338 e. The van der Waals surface area contributed by atoms with Gasteiger partial charge in [0.05, 0.1) is 11.3 Å². The lowest BCUT2D eigenvalue weighted by Gasteiger charge is -2.27. The molecular weight excluding hydrogens is 408 g/mol. The van der Waals surface area contributed by atoms with Gasteiger partial charge in [-0.1, -0.05) is 31.2 Å².